The molecule has 2 aromatic heterocycles. The number of sulfonamides is 1. The van der Waals surface area contributed by atoms with E-state index >= 15 is 0 Å². The minimum Gasteiger partial charge on any atom is -0.477 e. The number of Topliss-reactive ketones (excluding diaryl/α,β-unsaturated/α-hetero) is 1. The van der Waals surface area contributed by atoms with Crippen LogP contribution in [-0.2, 0) is 31.5 Å². The van der Waals surface area contributed by atoms with Gasteiger partial charge in [0.2, 0.25) is 5.16 Å². The van der Waals surface area contributed by atoms with Gasteiger partial charge < -0.3 is 15.4 Å². The third-order valence-electron chi connectivity index (χ3n) is 5.16. The van der Waals surface area contributed by atoms with Gasteiger partial charge in [0, 0.05) is 23.9 Å². The van der Waals surface area contributed by atoms with E-state index in [0.717, 1.165) is 16.2 Å². The van der Waals surface area contributed by atoms with Gasteiger partial charge in [0.05, 0.1) is 5.75 Å². The van der Waals surface area contributed by atoms with Crippen LogP contribution in [0.4, 0.5) is 0 Å². The number of aromatic nitrogens is 5. The van der Waals surface area contributed by atoms with E-state index in [2.05, 4.69) is 30.2 Å². The van der Waals surface area contributed by atoms with Crippen molar-refractivity contribution in [2.24, 2.45) is 11.4 Å². The summed E-state index contributed by atoms with van der Waals surface area (Å²) in [6.07, 6.45) is 0.370. The Morgan fingerprint density at radius 3 is 2.78 bits per heavy atom. The first-order valence-corrected chi connectivity index (χ1v) is 15.1. The van der Waals surface area contributed by atoms with Gasteiger partial charge in [-0.1, -0.05) is 18.7 Å². The van der Waals surface area contributed by atoms with Gasteiger partial charge in [0.15, 0.2) is 4.80 Å². The Bertz CT molecular complexity index is 1470. The lowest BCUT2D eigenvalue weighted by Gasteiger charge is -2.49. The molecule has 4 rings (SSSR count). The Morgan fingerprint density at radius 2 is 2.14 bits per heavy atom. The molecule has 2 atom stereocenters. The van der Waals surface area contributed by atoms with Gasteiger partial charge in [-0.25, -0.2) is 17.9 Å². The number of rotatable bonds is 10. The number of H-pyrrole nitrogens is 1. The largest absolute Gasteiger partial charge is 0.477 e. The molecule has 1 fully saturated rings. The SMILES string of the molecule is CCCS(=O)(=O)N=c1[nH]c(C(=O)C(=O)NC2C(=O)N3C(C(=O)O)=C(CSc4nnnn4C)CS[C@@H]23)cs1. The van der Waals surface area contributed by atoms with E-state index in [1.165, 1.54) is 33.6 Å². The number of nitrogens with one attached hydrogen (secondary N) is 2. The number of tetrazole rings is 1. The maximum Gasteiger partial charge on any atom is 0.352 e. The Hall–Kier alpha value is -3.03. The summed E-state index contributed by atoms with van der Waals surface area (Å²) >= 11 is 3.33. The number of β-lactam (4-membered cyclic amide) rings is 1. The summed E-state index contributed by atoms with van der Waals surface area (Å²) < 4.78 is 28.7. The molecule has 1 saturated heterocycles. The lowest BCUT2D eigenvalue weighted by molar-refractivity contribution is -0.150. The number of amides is 2. The number of carbonyl (C=O) groups is 4. The van der Waals surface area contributed by atoms with Crippen LogP contribution in [0.25, 0.3) is 0 Å². The molecule has 2 aromatic rings. The first-order valence-electron chi connectivity index (χ1n) is 10.6. The zero-order valence-electron chi connectivity index (χ0n) is 19.3. The van der Waals surface area contributed by atoms with E-state index in [1.54, 1.807) is 14.0 Å². The van der Waals surface area contributed by atoms with Gasteiger partial charge in [-0.2, -0.15) is 0 Å². The Morgan fingerprint density at radius 1 is 1.38 bits per heavy atom. The van der Waals surface area contributed by atoms with Crippen LogP contribution in [0.15, 0.2) is 26.2 Å². The second-order valence-electron chi connectivity index (χ2n) is 7.78. The molecule has 19 heteroatoms. The molecule has 0 radical (unpaired) electrons. The average molecular weight is 589 g/mol. The topological polar surface area (TPSA) is 210 Å². The zero-order chi connectivity index (χ0) is 26.9. The molecular weight excluding hydrogens is 569 g/mol. The highest BCUT2D eigenvalue weighted by Crippen LogP contribution is 2.41. The number of fused-ring (bicyclic) bond motifs is 1. The molecule has 0 aromatic carbocycles. The number of carboxylic acid groups (broad SMARTS) is 1. The molecule has 0 aliphatic carbocycles. The highest BCUT2D eigenvalue weighted by molar-refractivity contribution is 8.01. The van der Waals surface area contributed by atoms with Crippen LogP contribution >= 0.6 is 34.9 Å². The number of nitrogens with zero attached hydrogens (tertiary/aromatic N) is 6. The van der Waals surface area contributed by atoms with Crippen LogP contribution in [0.3, 0.4) is 0 Å². The molecular formula is C18H20N8O7S4. The molecule has 37 heavy (non-hydrogen) atoms. The number of aromatic amines is 1. The fraction of sp³-hybridized carbons (Fsp3) is 0.444. The normalized spacial score (nSPS) is 20.0. The van der Waals surface area contributed by atoms with Crippen LogP contribution in [-0.4, -0.2) is 95.9 Å². The highest BCUT2D eigenvalue weighted by Gasteiger charge is 2.54. The number of thiazole rings is 1. The first kappa shape index (κ1) is 27.0. The number of ketones is 1. The van der Waals surface area contributed by atoms with E-state index in [0.29, 0.717) is 17.2 Å². The summed E-state index contributed by atoms with van der Waals surface area (Å²) in [7, 11) is -2.07. The molecule has 2 amide bonds. The zero-order valence-corrected chi connectivity index (χ0v) is 22.5. The van der Waals surface area contributed by atoms with E-state index in [9.17, 15) is 32.7 Å². The Labute approximate surface area is 221 Å². The number of carbonyl (C=O) groups excluding carboxylic acids is 3. The third kappa shape index (κ3) is 5.63. The van der Waals surface area contributed by atoms with Crippen molar-refractivity contribution in [1.29, 1.82) is 0 Å². The summed E-state index contributed by atoms with van der Waals surface area (Å²) in [4.78, 5) is 53.5. The van der Waals surface area contributed by atoms with Crippen molar-refractivity contribution in [2.75, 3.05) is 17.3 Å². The van der Waals surface area contributed by atoms with Gasteiger partial charge in [-0.05, 0) is 22.4 Å². The number of hydrogen-bond acceptors (Lipinski definition) is 12. The maximum absolute atomic E-state index is 12.8. The second kappa shape index (κ2) is 10.8. The fourth-order valence-corrected chi connectivity index (χ4v) is 7.81. The average Bonchev–Trinajstić information content (AvgIpc) is 3.47. The summed E-state index contributed by atoms with van der Waals surface area (Å²) in [6.45, 7) is 1.69. The quantitative estimate of drug-likeness (QED) is 0.131. The molecule has 0 saturated carbocycles. The summed E-state index contributed by atoms with van der Waals surface area (Å²) in [5.74, 6) is -3.68. The minimum absolute atomic E-state index is 0.0583. The molecule has 15 nitrogen and oxygen atoms in total. The van der Waals surface area contributed by atoms with Gasteiger partial charge in [0.25, 0.3) is 27.6 Å². The summed E-state index contributed by atoms with van der Waals surface area (Å²) in [5, 5.41) is 24.2. The Balaban J connectivity index is 1.44. The molecule has 4 heterocycles. The number of thioether (sulfide) groups is 2. The minimum atomic E-state index is -3.71. The van der Waals surface area contributed by atoms with E-state index < -0.39 is 45.0 Å². The number of hydrogen-bond donors (Lipinski definition) is 3. The molecule has 1 unspecified atom stereocenters. The van der Waals surface area contributed by atoms with Crippen LogP contribution in [0, 0.1) is 0 Å². The molecule has 2 aliphatic rings. The van der Waals surface area contributed by atoms with Crippen molar-refractivity contribution in [3.8, 4) is 0 Å². The number of aryl methyl sites for hydroxylation is 1. The van der Waals surface area contributed by atoms with Crippen molar-refractivity contribution in [3.63, 3.8) is 0 Å². The lowest BCUT2D eigenvalue weighted by Crippen LogP contribution is -2.71. The first-order chi connectivity index (χ1) is 17.5. The van der Waals surface area contributed by atoms with E-state index in [-0.39, 0.29) is 33.5 Å². The van der Waals surface area contributed by atoms with Crippen molar-refractivity contribution in [1.82, 2.24) is 35.4 Å². The number of aliphatic carboxylic acids is 1. The third-order valence-corrected chi connectivity index (χ3v) is 9.87. The van der Waals surface area contributed by atoms with Crippen molar-refractivity contribution in [2.45, 2.75) is 29.9 Å². The van der Waals surface area contributed by atoms with Gasteiger partial charge in [0.1, 0.15) is 22.8 Å². The smallest absolute Gasteiger partial charge is 0.352 e. The predicted molar refractivity (Wildman–Crippen MR) is 132 cm³/mol. The van der Waals surface area contributed by atoms with Crippen LogP contribution in [0.2, 0.25) is 0 Å². The molecule has 0 spiro atoms. The predicted octanol–water partition coefficient (Wildman–Crippen LogP) is -1.05. The molecule has 3 N–H and O–H groups in total. The van der Waals surface area contributed by atoms with Crippen LogP contribution in [0.5, 0.6) is 0 Å². The summed E-state index contributed by atoms with van der Waals surface area (Å²) in [5.41, 5.74) is 0.147. The standard InChI is InChI=1S/C18H20N8O7S4/c1-3-4-37(32,33)22-17-19-9(7-35-17)12(27)13(28)20-10-14(29)26-11(16(30)31)8(5-34-15(10)26)6-36-18-21-23-24-25(18)2/h7,10,15H,3-6H2,1-2H3,(H,19,22)(H,20,28)(H,30,31)/t10?,15-/m0/s1. The van der Waals surface area contributed by atoms with Crippen LogP contribution < -0.4 is 10.1 Å². The summed E-state index contributed by atoms with van der Waals surface area (Å²) in [6, 6.07) is -1.10. The Kier molecular flexibility index (Phi) is 7.85. The van der Waals surface area contributed by atoms with Crippen LogP contribution in [0.1, 0.15) is 23.8 Å². The van der Waals surface area contributed by atoms with Gasteiger partial charge in [-0.15, -0.1) is 32.6 Å². The van der Waals surface area contributed by atoms with Crippen molar-refractivity contribution < 1.29 is 32.7 Å². The van der Waals surface area contributed by atoms with E-state index in [1.807, 2.05) is 0 Å². The number of carboxylic acids is 1. The van der Waals surface area contributed by atoms with Gasteiger partial charge in [-0.3, -0.25) is 19.3 Å². The molecule has 2 aliphatic heterocycles. The monoisotopic (exact) mass is 588 g/mol. The second-order valence-corrected chi connectivity index (χ2v) is 12.4. The van der Waals surface area contributed by atoms with E-state index in [4.69, 9.17) is 0 Å². The van der Waals surface area contributed by atoms with Gasteiger partial charge >= 0.3 is 5.97 Å². The lowest BCUT2D eigenvalue weighted by atomic mass is 10.0. The molecule has 0 bridgehead atoms. The maximum atomic E-state index is 12.8. The highest BCUT2D eigenvalue weighted by atomic mass is 32.2. The van der Waals surface area contributed by atoms with Crippen molar-refractivity contribution >= 4 is 68.5 Å². The van der Waals surface area contributed by atoms with Crippen molar-refractivity contribution in [3.05, 3.63) is 27.1 Å². The fourth-order valence-electron chi connectivity index (χ4n) is 3.49. The molecule has 198 valence electrons.